The van der Waals surface area contributed by atoms with Crippen molar-refractivity contribution in [2.24, 2.45) is 0 Å². The number of hydrogen-bond donors (Lipinski definition) is 3. The quantitative estimate of drug-likeness (QED) is 0.695. The summed E-state index contributed by atoms with van der Waals surface area (Å²) in [4.78, 5) is 22.3. The number of rotatable bonds is 6. The van der Waals surface area contributed by atoms with E-state index >= 15 is 0 Å². The predicted octanol–water partition coefficient (Wildman–Crippen LogP) is 0.292. The maximum absolute atomic E-state index is 11.4. The Hall–Kier alpha value is -1.59. The van der Waals surface area contributed by atoms with E-state index in [1.807, 2.05) is 12.1 Å². The van der Waals surface area contributed by atoms with Gasteiger partial charge in [-0.3, -0.25) is 14.9 Å². The van der Waals surface area contributed by atoms with Crippen LogP contribution >= 0.6 is 11.6 Å². The molecule has 0 aliphatic carbocycles. The van der Waals surface area contributed by atoms with E-state index in [-0.39, 0.29) is 24.9 Å². The number of carbonyl (C=O) groups excluding carboxylic acids is 2. The van der Waals surface area contributed by atoms with Crippen molar-refractivity contribution in [3.05, 3.63) is 34.9 Å². The topological polar surface area (TPSA) is 70.2 Å². The molecular weight excluding hydrogens is 254 g/mol. The largest absolute Gasteiger partial charge is 0.358 e. The highest BCUT2D eigenvalue weighted by atomic mass is 35.5. The Morgan fingerprint density at radius 2 is 1.94 bits per heavy atom. The van der Waals surface area contributed by atoms with E-state index in [1.165, 1.54) is 0 Å². The first kappa shape index (κ1) is 14.5. The van der Waals surface area contributed by atoms with Crippen LogP contribution in [0.4, 0.5) is 0 Å². The molecule has 0 saturated heterocycles. The van der Waals surface area contributed by atoms with E-state index in [0.29, 0.717) is 11.6 Å². The van der Waals surface area contributed by atoms with Gasteiger partial charge in [0.2, 0.25) is 11.8 Å². The van der Waals surface area contributed by atoms with Gasteiger partial charge in [0.15, 0.2) is 0 Å². The fraction of sp³-hybridized carbons (Fsp3) is 0.333. The van der Waals surface area contributed by atoms with E-state index in [1.54, 1.807) is 19.2 Å². The number of nitrogens with one attached hydrogen (secondary N) is 3. The number of benzene rings is 1. The Labute approximate surface area is 111 Å². The molecule has 0 radical (unpaired) electrons. The summed E-state index contributed by atoms with van der Waals surface area (Å²) < 4.78 is 0. The maximum Gasteiger partial charge on any atom is 0.234 e. The minimum absolute atomic E-state index is 0.105. The highest BCUT2D eigenvalue weighted by Gasteiger charge is 2.02. The number of hydrogen-bond acceptors (Lipinski definition) is 3. The van der Waals surface area contributed by atoms with Crippen molar-refractivity contribution in [3.8, 4) is 0 Å². The first-order valence-electron chi connectivity index (χ1n) is 5.54. The van der Waals surface area contributed by atoms with Gasteiger partial charge in [-0.05, 0) is 17.7 Å². The molecule has 3 N–H and O–H groups in total. The third-order valence-corrected chi connectivity index (χ3v) is 2.46. The molecule has 5 nitrogen and oxygen atoms in total. The van der Waals surface area contributed by atoms with Crippen molar-refractivity contribution < 1.29 is 9.59 Å². The summed E-state index contributed by atoms with van der Waals surface area (Å²) >= 11 is 5.83. The summed E-state index contributed by atoms with van der Waals surface area (Å²) in [6.45, 7) is 0.649. The van der Waals surface area contributed by atoms with E-state index in [2.05, 4.69) is 16.0 Å². The van der Waals surface area contributed by atoms with Gasteiger partial charge in [0.1, 0.15) is 0 Å². The fourth-order valence-corrected chi connectivity index (χ4v) is 1.50. The molecule has 0 aromatic heterocycles. The lowest BCUT2D eigenvalue weighted by atomic mass is 10.2. The van der Waals surface area contributed by atoms with Crippen LogP contribution < -0.4 is 16.0 Å². The summed E-state index contributed by atoms with van der Waals surface area (Å²) in [6, 6.07) is 7.27. The van der Waals surface area contributed by atoms with Gasteiger partial charge in [0.25, 0.3) is 0 Å². The summed E-state index contributed by atoms with van der Waals surface area (Å²) in [5, 5.41) is 8.55. The average Bonchev–Trinajstić information content (AvgIpc) is 2.36. The summed E-state index contributed by atoms with van der Waals surface area (Å²) in [7, 11) is 1.54. The second-order valence-electron chi connectivity index (χ2n) is 3.68. The molecule has 0 saturated carbocycles. The maximum atomic E-state index is 11.4. The molecule has 6 heteroatoms. The van der Waals surface area contributed by atoms with Crippen molar-refractivity contribution in [2.45, 2.75) is 6.54 Å². The average molecular weight is 270 g/mol. The molecule has 0 atom stereocenters. The zero-order valence-electron chi connectivity index (χ0n) is 10.1. The Bertz CT molecular complexity index is 424. The van der Waals surface area contributed by atoms with Gasteiger partial charge in [-0.25, -0.2) is 0 Å². The van der Waals surface area contributed by atoms with Crippen LogP contribution in [0.1, 0.15) is 5.56 Å². The number of likely N-dealkylation sites (N-methyl/N-ethyl adjacent to an activating group) is 1. The molecule has 0 spiro atoms. The molecule has 98 valence electrons. The van der Waals surface area contributed by atoms with Crippen molar-refractivity contribution in [1.29, 1.82) is 0 Å². The molecular formula is C12H16ClN3O2. The van der Waals surface area contributed by atoms with Gasteiger partial charge in [-0.15, -0.1) is 0 Å². The minimum atomic E-state index is -0.168. The monoisotopic (exact) mass is 269 g/mol. The summed E-state index contributed by atoms with van der Waals surface area (Å²) in [6.07, 6.45) is 0. The van der Waals surface area contributed by atoms with Crippen molar-refractivity contribution in [2.75, 3.05) is 20.1 Å². The first-order valence-corrected chi connectivity index (χ1v) is 5.92. The smallest absolute Gasteiger partial charge is 0.234 e. The Balaban J connectivity index is 2.23. The van der Waals surface area contributed by atoms with Gasteiger partial charge in [-0.2, -0.15) is 0 Å². The van der Waals surface area contributed by atoms with Crippen LogP contribution in [0.15, 0.2) is 24.3 Å². The van der Waals surface area contributed by atoms with Crippen LogP contribution in [0.2, 0.25) is 5.02 Å². The second-order valence-corrected chi connectivity index (χ2v) is 4.12. The lowest BCUT2D eigenvalue weighted by Crippen LogP contribution is -2.38. The first-order chi connectivity index (χ1) is 8.61. The van der Waals surface area contributed by atoms with E-state index in [9.17, 15) is 9.59 Å². The third-order valence-electron chi connectivity index (χ3n) is 2.23. The standard InChI is InChI=1S/C12H16ClN3O2/c1-14-11(17)7-15-8-12(18)16-6-9-3-2-4-10(13)5-9/h2-5,15H,6-8H2,1H3,(H,14,17)(H,16,18). The van der Waals surface area contributed by atoms with Crippen LogP contribution in [-0.4, -0.2) is 32.0 Å². The van der Waals surface area contributed by atoms with Gasteiger partial charge < -0.3 is 10.6 Å². The SMILES string of the molecule is CNC(=O)CNCC(=O)NCc1cccc(Cl)c1. The second kappa shape index (κ2) is 7.68. The fourth-order valence-electron chi connectivity index (χ4n) is 1.29. The molecule has 0 aliphatic rings. The Morgan fingerprint density at radius 1 is 1.22 bits per heavy atom. The van der Waals surface area contributed by atoms with Crippen molar-refractivity contribution in [1.82, 2.24) is 16.0 Å². The molecule has 1 aromatic carbocycles. The normalized spacial score (nSPS) is 9.89. The van der Waals surface area contributed by atoms with Crippen molar-refractivity contribution in [3.63, 3.8) is 0 Å². The summed E-state index contributed by atoms with van der Waals surface area (Å²) in [5.74, 6) is -0.323. The molecule has 2 amide bonds. The lowest BCUT2D eigenvalue weighted by molar-refractivity contribution is -0.121. The number of amides is 2. The van der Waals surface area contributed by atoms with Crippen LogP contribution in [0, 0.1) is 0 Å². The van der Waals surface area contributed by atoms with Gasteiger partial charge >= 0.3 is 0 Å². The number of carbonyl (C=O) groups is 2. The zero-order valence-corrected chi connectivity index (χ0v) is 10.9. The molecule has 1 rings (SSSR count). The molecule has 0 heterocycles. The highest BCUT2D eigenvalue weighted by molar-refractivity contribution is 6.30. The van der Waals surface area contributed by atoms with Crippen LogP contribution in [-0.2, 0) is 16.1 Å². The molecule has 0 aliphatic heterocycles. The predicted molar refractivity (Wildman–Crippen MR) is 70.2 cm³/mol. The molecule has 1 aromatic rings. The van der Waals surface area contributed by atoms with Crippen LogP contribution in [0.3, 0.4) is 0 Å². The van der Waals surface area contributed by atoms with E-state index in [4.69, 9.17) is 11.6 Å². The zero-order chi connectivity index (χ0) is 13.4. The van der Waals surface area contributed by atoms with Crippen molar-refractivity contribution >= 4 is 23.4 Å². The van der Waals surface area contributed by atoms with Gasteiger partial charge in [0.05, 0.1) is 13.1 Å². The number of halogens is 1. The van der Waals surface area contributed by atoms with E-state index < -0.39 is 0 Å². The van der Waals surface area contributed by atoms with Crippen LogP contribution in [0.25, 0.3) is 0 Å². The molecule has 0 fully saturated rings. The van der Waals surface area contributed by atoms with Gasteiger partial charge in [-0.1, -0.05) is 23.7 Å². The summed E-state index contributed by atoms with van der Waals surface area (Å²) in [5.41, 5.74) is 0.933. The van der Waals surface area contributed by atoms with E-state index in [0.717, 1.165) is 5.56 Å². The Kier molecular flexibility index (Phi) is 6.18. The molecule has 18 heavy (non-hydrogen) atoms. The van der Waals surface area contributed by atoms with Gasteiger partial charge in [0, 0.05) is 18.6 Å². The highest BCUT2D eigenvalue weighted by Crippen LogP contribution is 2.09. The minimum Gasteiger partial charge on any atom is -0.358 e. The Morgan fingerprint density at radius 3 is 2.61 bits per heavy atom. The molecule has 0 unspecified atom stereocenters. The van der Waals surface area contributed by atoms with Crippen LogP contribution in [0.5, 0.6) is 0 Å². The molecule has 0 bridgehead atoms. The lowest BCUT2D eigenvalue weighted by Gasteiger charge is -2.06. The third kappa shape index (κ3) is 5.65.